The molecule has 0 bridgehead atoms. The number of morpholine rings is 1. The fourth-order valence-corrected chi connectivity index (χ4v) is 3.01. The van der Waals surface area contributed by atoms with E-state index in [1.54, 1.807) is 11.8 Å². The third-order valence-electron chi connectivity index (χ3n) is 4.28. The van der Waals surface area contributed by atoms with Gasteiger partial charge in [-0.05, 0) is 20.8 Å². The minimum atomic E-state index is -0.347. The van der Waals surface area contributed by atoms with E-state index in [-0.39, 0.29) is 23.9 Å². The highest BCUT2D eigenvalue weighted by molar-refractivity contribution is 5.79. The molecule has 2 N–H and O–H groups in total. The van der Waals surface area contributed by atoms with Gasteiger partial charge in [-0.3, -0.25) is 14.7 Å². The topological polar surface area (TPSA) is 104 Å². The minimum absolute atomic E-state index is 0.0179. The third-order valence-corrected chi connectivity index (χ3v) is 4.28. The minimum Gasteiger partial charge on any atom is -0.377 e. The summed E-state index contributed by atoms with van der Waals surface area (Å²) in [5, 5.41) is 7.04. The van der Waals surface area contributed by atoms with Crippen LogP contribution in [0.25, 0.3) is 0 Å². The van der Waals surface area contributed by atoms with Crippen molar-refractivity contribution in [3.8, 4) is 0 Å². The molecule has 2 aromatic rings. The number of ether oxygens (including phenoxy) is 1. The summed E-state index contributed by atoms with van der Waals surface area (Å²) >= 11 is 0. The predicted octanol–water partition coefficient (Wildman–Crippen LogP) is 0.561. The highest BCUT2D eigenvalue weighted by atomic mass is 16.5. The zero-order valence-corrected chi connectivity index (χ0v) is 14.0. The van der Waals surface area contributed by atoms with E-state index in [2.05, 4.69) is 20.2 Å². The first-order valence-electron chi connectivity index (χ1n) is 7.91. The second-order valence-corrected chi connectivity index (χ2v) is 6.02. The molecule has 1 aliphatic heterocycles. The van der Waals surface area contributed by atoms with E-state index < -0.39 is 0 Å². The molecule has 0 spiro atoms. The van der Waals surface area contributed by atoms with E-state index in [1.165, 1.54) is 6.07 Å². The lowest BCUT2D eigenvalue weighted by Crippen LogP contribution is -2.44. The van der Waals surface area contributed by atoms with Gasteiger partial charge in [0.2, 0.25) is 5.91 Å². The highest BCUT2D eigenvalue weighted by Crippen LogP contribution is 2.23. The van der Waals surface area contributed by atoms with Crippen molar-refractivity contribution in [3.05, 3.63) is 44.9 Å². The number of amides is 1. The Morgan fingerprint density at radius 1 is 1.42 bits per heavy atom. The van der Waals surface area contributed by atoms with Gasteiger partial charge in [0.1, 0.15) is 5.82 Å². The summed E-state index contributed by atoms with van der Waals surface area (Å²) < 4.78 is 5.51. The first kappa shape index (κ1) is 16.4. The van der Waals surface area contributed by atoms with Gasteiger partial charge >= 0.3 is 0 Å². The molecule has 0 unspecified atom stereocenters. The summed E-state index contributed by atoms with van der Waals surface area (Å²) in [6.45, 7) is 6.80. The number of carbonyl (C=O) groups is 1. The fraction of sp³-hybridized carbons (Fsp3) is 0.500. The lowest BCUT2D eigenvalue weighted by Gasteiger charge is -2.35. The molecular formula is C16H21N5O3. The summed E-state index contributed by atoms with van der Waals surface area (Å²) in [5.41, 5.74) is 2.98. The maximum absolute atomic E-state index is 12.8. The van der Waals surface area contributed by atoms with Crippen LogP contribution in [0, 0.1) is 20.8 Å². The van der Waals surface area contributed by atoms with Crippen LogP contribution in [-0.4, -0.2) is 50.7 Å². The normalized spacial score (nSPS) is 18.0. The van der Waals surface area contributed by atoms with E-state index in [1.807, 2.05) is 13.8 Å². The molecule has 1 fully saturated rings. The molecule has 2 aromatic heterocycles. The number of nitrogens with zero attached hydrogens (tertiary/aromatic N) is 3. The van der Waals surface area contributed by atoms with Crippen LogP contribution in [0.3, 0.4) is 0 Å². The first-order valence-corrected chi connectivity index (χ1v) is 7.91. The van der Waals surface area contributed by atoms with Gasteiger partial charge in [0.25, 0.3) is 5.56 Å². The number of nitrogens with one attached hydrogen (secondary N) is 2. The Morgan fingerprint density at radius 3 is 2.88 bits per heavy atom. The van der Waals surface area contributed by atoms with Crippen molar-refractivity contribution in [2.24, 2.45) is 0 Å². The fourth-order valence-electron chi connectivity index (χ4n) is 3.01. The van der Waals surface area contributed by atoms with E-state index in [0.29, 0.717) is 31.3 Å². The zero-order chi connectivity index (χ0) is 17.3. The Morgan fingerprint density at radius 2 is 2.21 bits per heavy atom. The summed E-state index contributed by atoms with van der Waals surface area (Å²) in [7, 11) is 0. The van der Waals surface area contributed by atoms with Gasteiger partial charge in [0, 0.05) is 23.9 Å². The molecule has 8 nitrogen and oxygen atoms in total. The molecule has 1 aliphatic rings. The number of aryl methyl sites for hydroxylation is 3. The van der Waals surface area contributed by atoms with Gasteiger partial charge in [-0.15, -0.1) is 0 Å². The van der Waals surface area contributed by atoms with Gasteiger partial charge < -0.3 is 14.6 Å². The number of carbonyl (C=O) groups excluding carboxylic acids is 1. The molecule has 1 saturated heterocycles. The average molecular weight is 331 g/mol. The summed E-state index contributed by atoms with van der Waals surface area (Å²) in [4.78, 5) is 33.3. The van der Waals surface area contributed by atoms with Crippen LogP contribution in [0.1, 0.15) is 34.5 Å². The zero-order valence-electron chi connectivity index (χ0n) is 14.0. The molecule has 0 aromatic carbocycles. The monoisotopic (exact) mass is 331 g/mol. The van der Waals surface area contributed by atoms with E-state index in [0.717, 1.165) is 17.0 Å². The van der Waals surface area contributed by atoms with Gasteiger partial charge in [-0.25, -0.2) is 4.98 Å². The van der Waals surface area contributed by atoms with Crippen LogP contribution in [0.4, 0.5) is 0 Å². The van der Waals surface area contributed by atoms with Gasteiger partial charge in [0.05, 0.1) is 37.1 Å². The number of rotatable bonds is 3. The molecular weight excluding hydrogens is 310 g/mol. The molecule has 0 radical (unpaired) electrons. The van der Waals surface area contributed by atoms with Gasteiger partial charge in [0.15, 0.2) is 0 Å². The molecule has 8 heteroatoms. The molecule has 0 aliphatic carbocycles. The number of aromatic nitrogens is 4. The number of hydrogen-bond donors (Lipinski definition) is 2. The van der Waals surface area contributed by atoms with Crippen LogP contribution in [0.5, 0.6) is 0 Å². The number of H-pyrrole nitrogens is 2. The summed E-state index contributed by atoms with van der Waals surface area (Å²) in [5.74, 6) is 0.507. The molecule has 3 rings (SSSR count). The van der Waals surface area contributed by atoms with Crippen LogP contribution >= 0.6 is 0 Å². The van der Waals surface area contributed by atoms with E-state index in [9.17, 15) is 9.59 Å². The van der Waals surface area contributed by atoms with Crippen molar-refractivity contribution in [2.75, 3.05) is 19.8 Å². The molecule has 128 valence electrons. The molecule has 24 heavy (non-hydrogen) atoms. The third kappa shape index (κ3) is 3.23. The Hall–Kier alpha value is -2.48. The Labute approximate surface area is 139 Å². The van der Waals surface area contributed by atoms with Crippen LogP contribution in [-0.2, 0) is 16.0 Å². The number of aromatic amines is 2. The smallest absolute Gasteiger partial charge is 0.251 e. The van der Waals surface area contributed by atoms with Crippen molar-refractivity contribution in [1.82, 2.24) is 25.1 Å². The number of hydrogen-bond acceptors (Lipinski definition) is 5. The SMILES string of the molecule is Cc1nc([C@H]2COCCN2C(=O)Cc2c(C)n[nH]c2C)cc(=O)[nH]1. The first-order chi connectivity index (χ1) is 11.5. The quantitative estimate of drug-likeness (QED) is 0.855. The van der Waals surface area contributed by atoms with E-state index >= 15 is 0 Å². The summed E-state index contributed by atoms with van der Waals surface area (Å²) in [6, 6.07) is 1.08. The van der Waals surface area contributed by atoms with Crippen molar-refractivity contribution in [3.63, 3.8) is 0 Å². The standard InChI is InChI=1S/C16H21N5O3/c1-9-12(10(2)20-19-9)6-16(23)21-4-5-24-8-14(21)13-7-15(22)18-11(3)17-13/h7,14H,4-6,8H2,1-3H3,(H,19,20)(H,17,18,22)/t14-/m1/s1. The molecule has 1 atom stereocenters. The molecule has 1 amide bonds. The Balaban J connectivity index is 1.86. The van der Waals surface area contributed by atoms with Crippen molar-refractivity contribution >= 4 is 5.91 Å². The Bertz CT molecular complexity index is 791. The second kappa shape index (κ2) is 6.56. The van der Waals surface area contributed by atoms with Crippen molar-refractivity contribution < 1.29 is 9.53 Å². The largest absolute Gasteiger partial charge is 0.377 e. The Kier molecular flexibility index (Phi) is 4.48. The molecule has 0 saturated carbocycles. The lowest BCUT2D eigenvalue weighted by atomic mass is 10.1. The summed E-state index contributed by atoms with van der Waals surface area (Å²) in [6.07, 6.45) is 0.271. The van der Waals surface area contributed by atoms with Gasteiger partial charge in [-0.2, -0.15) is 5.10 Å². The average Bonchev–Trinajstić information content (AvgIpc) is 2.86. The van der Waals surface area contributed by atoms with Crippen LogP contribution < -0.4 is 5.56 Å². The van der Waals surface area contributed by atoms with Crippen LogP contribution in [0.15, 0.2) is 10.9 Å². The highest BCUT2D eigenvalue weighted by Gasteiger charge is 2.30. The maximum Gasteiger partial charge on any atom is 0.251 e. The van der Waals surface area contributed by atoms with E-state index in [4.69, 9.17) is 4.74 Å². The van der Waals surface area contributed by atoms with Gasteiger partial charge in [-0.1, -0.05) is 0 Å². The van der Waals surface area contributed by atoms with Crippen LogP contribution in [0.2, 0.25) is 0 Å². The van der Waals surface area contributed by atoms with Crippen molar-refractivity contribution in [2.45, 2.75) is 33.2 Å². The lowest BCUT2D eigenvalue weighted by molar-refractivity contribution is -0.139. The molecule has 3 heterocycles. The maximum atomic E-state index is 12.8. The van der Waals surface area contributed by atoms with Crippen molar-refractivity contribution in [1.29, 1.82) is 0 Å². The predicted molar refractivity (Wildman–Crippen MR) is 86.6 cm³/mol. The second-order valence-electron chi connectivity index (χ2n) is 6.02.